The fourth-order valence-electron chi connectivity index (χ4n) is 10.3. The number of ether oxygens (including phenoxy) is 11. The molecular weight excluding hydrogens is 1040 g/mol. The number of halogens is 1. The number of fused-ring (bicyclic) bond motifs is 1. The number of carbonyl (C=O) groups excluding carboxylic acids is 3. The van der Waals surface area contributed by atoms with Gasteiger partial charge in [0.15, 0.2) is 25.2 Å². The van der Waals surface area contributed by atoms with E-state index in [1.165, 1.54) is 0 Å². The molecule has 8 N–H and O–H groups in total. The van der Waals surface area contributed by atoms with Crippen molar-refractivity contribution >= 4 is 18.3 Å². The summed E-state index contributed by atoms with van der Waals surface area (Å²) in [5, 5.41) is 66.7. The zero-order valence-corrected chi connectivity index (χ0v) is 43.4. The molecule has 4 aliphatic heterocycles. The van der Waals surface area contributed by atoms with E-state index in [0.717, 1.165) is 5.56 Å². The van der Waals surface area contributed by atoms with Crippen molar-refractivity contribution in [1.29, 1.82) is 0 Å². The SMILES string of the molecule is CCC1OC(OC2C(CF)OC(OC3C(O)C(NC(=O)OCc4ccccc4)CC(NC(=O)OCc4ccccc4)C3OC3OC4COC(c5ccccc5)OC4C(O)C3C)C2O)C(NC(=O)OCc2ccccc2)C(O)C1O. The maximum atomic E-state index is 15.2. The van der Waals surface area contributed by atoms with Crippen LogP contribution < -0.4 is 16.0 Å². The summed E-state index contributed by atoms with van der Waals surface area (Å²) in [6.07, 6.45) is -26.2. The summed E-state index contributed by atoms with van der Waals surface area (Å²) >= 11 is 0. The second-order valence-electron chi connectivity index (χ2n) is 20.1. The highest BCUT2D eigenvalue weighted by molar-refractivity contribution is 5.69. The molecule has 79 heavy (non-hydrogen) atoms. The number of aliphatic hydroxyl groups excluding tert-OH is 5. The van der Waals surface area contributed by atoms with Gasteiger partial charge < -0.3 is 93.6 Å². The summed E-state index contributed by atoms with van der Waals surface area (Å²) in [5.74, 6) is -0.862. The van der Waals surface area contributed by atoms with Gasteiger partial charge in [0.1, 0.15) is 93.6 Å². The number of alkyl carbamates (subject to hydrolysis) is 3. The van der Waals surface area contributed by atoms with Gasteiger partial charge in [-0.1, -0.05) is 135 Å². The van der Waals surface area contributed by atoms with E-state index in [1.54, 1.807) is 105 Å². The van der Waals surface area contributed by atoms with Crippen molar-refractivity contribution in [2.75, 3.05) is 13.3 Å². The summed E-state index contributed by atoms with van der Waals surface area (Å²) < 4.78 is 81.9. The second kappa shape index (κ2) is 27.0. The third-order valence-electron chi connectivity index (χ3n) is 14.7. The second-order valence-corrected chi connectivity index (χ2v) is 20.1. The van der Waals surface area contributed by atoms with E-state index in [1.807, 2.05) is 30.3 Å². The molecule has 0 spiro atoms. The Balaban J connectivity index is 0.983. The molecule has 4 aromatic rings. The Bertz CT molecular complexity index is 2550. The fourth-order valence-corrected chi connectivity index (χ4v) is 10.3. The van der Waals surface area contributed by atoms with Crippen LogP contribution in [0.25, 0.3) is 0 Å². The van der Waals surface area contributed by atoms with E-state index in [-0.39, 0.29) is 39.3 Å². The van der Waals surface area contributed by atoms with Crippen molar-refractivity contribution in [3.63, 3.8) is 0 Å². The first kappa shape index (κ1) is 57.8. The number of aliphatic hydroxyl groups is 5. The Morgan fingerprint density at radius 3 is 1.61 bits per heavy atom. The van der Waals surface area contributed by atoms with E-state index in [9.17, 15) is 39.9 Å². The molecule has 20 unspecified atom stereocenters. The Morgan fingerprint density at radius 1 is 0.544 bits per heavy atom. The number of hydrogen-bond acceptors (Lipinski definition) is 19. The van der Waals surface area contributed by atoms with Gasteiger partial charge in [-0.05, 0) is 29.5 Å². The number of nitrogens with one attached hydrogen (secondary N) is 3. The van der Waals surface area contributed by atoms with Crippen LogP contribution in [0.5, 0.6) is 0 Å². The van der Waals surface area contributed by atoms with Crippen LogP contribution in [0.15, 0.2) is 121 Å². The van der Waals surface area contributed by atoms with E-state index < -0.39 is 147 Å². The number of alkyl halides is 1. The molecule has 4 aromatic carbocycles. The number of benzene rings is 4. The van der Waals surface area contributed by atoms with E-state index >= 15 is 4.39 Å². The van der Waals surface area contributed by atoms with Crippen LogP contribution in [-0.4, -0.2) is 167 Å². The molecule has 5 aliphatic rings. The molecule has 0 aromatic heterocycles. The maximum absolute atomic E-state index is 15.2. The predicted molar refractivity (Wildman–Crippen MR) is 271 cm³/mol. The number of amides is 3. The summed E-state index contributed by atoms with van der Waals surface area (Å²) in [4.78, 5) is 40.5. The van der Waals surface area contributed by atoms with Crippen LogP contribution in [-0.2, 0) is 71.9 Å². The molecule has 3 amide bonds. The first-order valence-corrected chi connectivity index (χ1v) is 26.4. The zero-order valence-electron chi connectivity index (χ0n) is 43.4. The Hall–Kier alpha value is -5.90. The number of hydrogen-bond donors (Lipinski definition) is 8. The minimum Gasteiger partial charge on any atom is -0.445 e. The van der Waals surface area contributed by atoms with Gasteiger partial charge in [0.25, 0.3) is 0 Å². The van der Waals surface area contributed by atoms with Crippen LogP contribution in [0.4, 0.5) is 18.8 Å². The molecule has 0 radical (unpaired) electrons. The van der Waals surface area contributed by atoms with Gasteiger partial charge in [-0.2, -0.15) is 0 Å². The summed E-state index contributed by atoms with van der Waals surface area (Å²) in [5.41, 5.74) is 2.71. The Morgan fingerprint density at radius 2 is 1.05 bits per heavy atom. The van der Waals surface area contributed by atoms with Crippen molar-refractivity contribution in [3.05, 3.63) is 144 Å². The average Bonchev–Trinajstić information content (AvgIpc) is 3.97. The van der Waals surface area contributed by atoms with Gasteiger partial charge >= 0.3 is 18.3 Å². The zero-order chi connectivity index (χ0) is 55.6. The van der Waals surface area contributed by atoms with Crippen LogP contribution in [0, 0.1) is 5.92 Å². The van der Waals surface area contributed by atoms with Crippen LogP contribution in [0.2, 0.25) is 0 Å². The molecule has 23 heteroatoms. The van der Waals surface area contributed by atoms with Crippen molar-refractivity contribution in [3.8, 4) is 0 Å². The monoisotopic (exact) mass is 1110 g/mol. The normalized spacial score (nSPS) is 35.3. The minimum atomic E-state index is -1.93. The van der Waals surface area contributed by atoms with Crippen LogP contribution >= 0.6 is 0 Å². The fraction of sp³-hybridized carbons (Fsp3) is 0.518. The molecule has 22 nitrogen and oxygen atoms in total. The topological polar surface area (TPSA) is 290 Å². The first-order chi connectivity index (χ1) is 38.3. The largest absolute Gasteiger partial charge is 0.445 e. The first-order valence-electron chi connectivity index (χ1n) is 26.4. The van der Waals surface area contributed by atoms with Gasteiger partial charge in [-0.3, -0.25) is 0 Å². The van der Waals surface area contributed by atoms with E-state index in [2.05, 4.69) is 16.0 Å². The third kappa shape index (κ3) is 14.2. The molecule has 0 bridgehead atoms. The lowest BCUT2D eigenvalue weighted by atomic mass is 9.83. The van der Waals surface area contributed by atoms with Crippen LogP contribution in [0.3, 0.4) is 0 Å². The quantitative estimate of drug-likeness (QED) is 0.0661. The van der Waals surface area contributed by atoms with Crippen LogP contribution in [0.1, 0.15) is 55.2 Å². The summed E-state index contributed by atoms with van der Waals surface area (Å²) in [7, 11) is 0. The molecule has 428 valence electrons. The third-order valence-corrected chi connectivity index (χ3v) is 14.7. The maximum Gasteiger partial charge on any atom is 0.407 e. The van der Waals surface area contributed by atoms with Crippen molar-refractivity contribution in [2.45, 2.75) is 163 Å². The van der Waals surface area contributed by atoms with Gasteiger partial charge in [-0.25, -0.2) is 18.8 Å². The summed E-state index contributed by atoms with van der Waals surface area (Å²) in [6.45, 7) is 1.54. The molecule has 5 fully saturated rings. The highest BCUT2D eigenvalue weighted by Crippen LogP contribution is 2.40. The van der Waals surface area contributed by atoms with Gasteiger partial charge in [-0.15, -0.1) is 0 Å². The highest BCUT2D eigenvalue weighted by Gasteiger charge is 2.57. The molecule has 20 atom stereocenters. The predicted octanol–water partition coefficient (Wildman–Crippen LogP) is 3.54. The Labute approximate surface area is 455 Å². The van der Waals surface area contributed by atoms with Gasteiger partial charge in [0, 0.05) is 11.5 Å². The Kier molecular flexibility index (Phi) is 19.8. The lowest BCUT2D eigenvalue weighted by Crippen LogP contribution is -2.68. The van der Waals surface area contributed by atoms with Crippen molar-refractivity contribution < 1.29 is 96.4 Å². The minimum absolute atomic E-state index is 0.0370. The van der Waals surface area contributed by atoms with Gasteiger partial charge in [0.05, 0.1) is 30.9 Å². The lowest BCUT2D eigenvalue weighted by molar-refractivity contribution is -0.366. The van der Waals surface area contributed by atoms with Crippen molar-refractivity contribution in [2.24, 2.45) is 5.92 Å². The van der Waals surface area contributed by atoms with E-state index in [0.29, 0.717) is 16.7 Å². The molecular formula is C56H68FN3O19. The molecule has 4 saturated heterocycles. The molecule has 9 rings (SSSR count). The molecule has 1 saturated carbocycles. The highest BCUT2D eigenvalue weighted by atomic mass is 19.1. The number of rotatable bonds is 18. The lowest BCUT2D eigenvalue weighted by Gasteiger charge is -2.50. The average molecular weight is 1110 g/mol. The van der Waals surface area contributed by atoms with Crippen molar-refractivity contribution in [1.82, 2.24) is 16.0 Å². The molecule has 1 aliphatic carbocycles. The summed E-state index contributed by atoms with van der Waals surface area (Å²) in [6, 6.07) is 31.5. The molecule has 4 heterocycles. The van der Waals surface area contributed by atoms with Gasteiger partial charge in [0.2, 0.25) is 0 Å². The standard InChI is InChI=1S/C56H68FN3O19/c1-3-37-43(63)44(64)40(60-56(68)72-28-33-20-12-6-13-21-33)52(73-37)78-47-38(25-57)74-53(45(47)65)79-49-42(62)35(58-54(66)70-26-31-16-8-4-9-17-31)24-36(59-55(67)71-27-32-18-10-5-11-19-32)46(49)76-50-30(2)41(61)48-39(75-50)29-69-51(77-48)34-22-14-7-15-23-34/h4-23,30,35-53,61-65H,3,24-29H2,1-2H3,(H,58,66)(H,59,67)(H,60,68). The number of carbonyl (C=O) groups is 3. The smallest absolute Gasteiger partial charge is 0.407 e. The van der Waals surface area contributed by atoms with E-state index in [4.69, 9.17) is 52.1 Å².